The van der Waals surface area contributed by atoms with Crippen LogP contribution in [0, 0.1) is 5.92 Å². The summed E-state index contributed by atoms with van der Waals surface area (Å²) in [4.78, 5) is 10.9. The summed E-state index contributed by atoms with van der Waals surface area (Å²) in [6.07, 6.45) is 12.3. The molecule has 2 aliphatic carbocycles. The van der Waals surface area contributed by atoms with Gasteiger partial charge in [0.25, 0.3) is 0 Å². The van der Waals surface area contributed by atoms with Gasteiger partial charge >= 0.3 is 0 Å². The van der Waals surface area contributed by atoms with Crippen molar-refractivity contribution in [2.24, 2.45) is 15.9 Å². The van der Waals surface area contributed by atoms with E-state index in [2.05, 4.69) is 174 Å². The molecule has 6 heteroatoms. The largest absolute Gasteiger partial charge is 0.456 e. The first-order chi connectivity index (χ1) is 31.2. The molecule has 1 aliphatic heterocycles. The fourth-order valence-corrected chi connectivity index (χ4v) is 10.4. The maximum absolute atomic E-state index is 6.44. The molecule has 3 unspecified atom stereocenters. The van der Waals surface area contributed by atoms with Crippen LogP contribution in [0.25, 0.3) is 76.9 Å². The molecule has 302 valence electrons. The molecule has 4 heterocycles. The number of hydrogen-bond acceptors (Lipinski definition) is 5. The van der Waals surface area contributed by atoms with Gasteiger partial charge in [0.05, 0.1) is 11.0 Å². The second-order valence-electron chi connectivity index (χ2n) is 17.2. The standard InChI is InChI=1S/C57H42N4O2/c1-2-12-35(13-3-1)55-58-56(36-22-26-42(27-23-36)61-49-18-8-4-14-43(49)44-15-5-9-19-50(44)61)60-57(59-55)41-31-39(37-24-28-47-45-16-6-10-20-51(45)62-53(47)33-37)30-40(32-41)38-25-29-48-46-17-7-11-21-52(46)63-54(48)34-38/h1-2,4-12,14-30,33-34,39,41,56H,3,13,31-32H2,(H,58,59,60). The highest BCUT2D eigenvalue weighted by atomic mass is 16.3. The Labute approximate surface area is 363 Å². The van der Waals surface area contributed by atoms with Crippen molar-refractivity contribution in [1.29, 1.82) is 0 Å². The van der Waals surface area contributed by atoms with E-state index in [1.165, 1.54) is 44.1 Å². The SMILES string of the molecule is C1=CCCC(C2=NC(c3ccc(-n4c5ccccc5c5ccccc54)cc3)N=C(C3CC(c4ccc5c(c4)oc4ccccc45)=CC(c4ccc5c(c4)oc4ccccc45)C3)N2)=C1. The number of furan rings is 2. The van der Waals surface area contributed by atoms with Gasteiger partial charge < -0.3 is 18.7 Å². The number of para-hydroxylation sites is 4. The molecule has 13 rings (SSSR count). The van der Waals surface area contributed by atoms with Crippen molar-refractivity contribution in [1.82, 2.24) is 9.88 Å². The van der Waals surface area contributed by atoms with Crippen molar-refractivity contribution in [2.45, 2.75) is 37.8 Å². The molecule has 7 aromatic carbocycles. The number of nitrogens with zero attached hydrogens (tertiary/aromatic N) is 3. The van der Waals surface area contributed by atoms with E-state index >= 15 is 0 Å². The van der Waals surface area contributed by atoms with Crippen LogP contribution in [0.3, 0.4) is 0 Å². The van der Waals surface area contributed by atoms with Crippen molar-refractivity contribution in [3.63, 3.8) is 0 Å². The molecular weight excluding hydrogens is 773 g/mol. The molecule has 10 aromatic rings. The van der Waals surface area contributed by atoms with E-state index < -0.39 is 0 Å². The van der Waals surface area contributed by atoms with E-state index in [1.807, 2.05) is 18.2 Å². The molecule has 0 amide bonds. The number of rotatable bonds is 6. The lowest BCUT2D eigenvalue weighted by molar-refractivity contribution is 0.556. The van der Waals surface area contributed by atoms with Crippen LogP contribution in [0.5, 0.6) is 0 Å². The van der Waals surface area contributed by atoms with Crippen LogP contribution in [0.4, 0.5) is 0 Å². The number of aromatic nitrogens is 1. The summed E-state index contributed by atoms with van der Waals surface area (Å²) in [7, 11) is 0. The van der Waals surface area contributed by atoms with Gasteiger partial charge in [-0.2, -0.15) is 0 Å². The Morgan fingerprint density at radius 1 is 0.556 bits per heavy atom. The van der Waals surface area contributed by atoms with E-state index in [4.69, 9.17) is 18.8 Å². The number of hydrogen-bond donors (Lipinski definition) is 1. The molecular formula is C57H42N4O2. The van der Waals surface area contributed by atoms with Gasteiger partial charge in [-0.3, -0.25) is 0 Å². The molecule has 0 saturated carbocycles. The van der Waals surface area contributed by atoms with Crippen LogP contribution in [-0.4, -0.2) is 16.2 Å². The predicted octanol–water partition coefficient (Wildman–Crippen LogP) is 14.5. The number of amidine groups is 2. The average Bonchev–Trinajstić information content (AvgIpc) is 4.03. The minimum absolute atomic E-state index is 0.0948. The Balaban J connectivity index is 0.908. The first-order valence-electron chi connectivity index (χ1n) is 22.1. The minimum Gasteiger partial charge on any atom is -0.456 e. The third-order valence-corrected chi connectivity index (χ3v) is 13.5. The molecule has 0 fully saturated rings. The summed E-state index contributed by atoms with van der Waals surface area (Å²) in [6.45, 7) is 0. The molecule has 3 aliphatic rings. The Kier molecular flexibility index (Phi) is 8.26. The molecule has 3 atom stereocenters. The molecule has 0 radical (unpaired) electrons. The molecule has 1 N–H and O–H groups in total. The van der Waals surface area contributed by atoms with E-state index in [0.717, 1.165) is 92.5 Å². The first-order valence-corrected chi connectivity index (χ1v) is 22.1. The number of aliphatic imine (C=N–C) groups is 2. The molecule has 6 nitrogen and oxygen atoms in total. The highest BCUT2D eigenvalue weighted by Gasteiger charge is 2.32. The minimum atomic E-state index is -0.387. The molecule has 63 heavy (non-hydrogen) atoms. The first kappa shape index (κ1) is 36.0. The van der Waals surface area contributed by atoms with Gasteiger partial charge in [-0.1, -0.05) is 127 Å². The van der Waals surface area contributed by atoms with Crippen LogP contribution in [0.15, 0.2) is 206 Å². The molecule has 0 saturated heterocycles. The lowest BCUT2D eigenvalue weighted by atomic mass is 9.76. The summed E-state index contributed by atoms with van der Waals surface area (Å²) in [5.41, 5.74) is 13.1. The van der Waals surface area contributed by atoms with Crippen molar-refractivity contribution < 1.29 is 8.83 Å². The van der Waals surface area contributed by atoms with Crippen LogP contribution in [0.1, 0.15) is 54.5 Å². The van der Waals surface area contributed by atoms with E-state index in [9.17, 15) is 0 Å². The van der Waals surface area contributed by atoms with Gasteiger partial charge in [0.1, 0.15) is 34.0 Å². The van der Waals surface area contributed by atoms with Crippen LogP contribution >= 0.6 is 0 Å². The van der Waals surface area contributed by atoms with E-state index in [0.29, 0.717) is 0 Å². The third-order valence-electron chi connectivity index (χ3n) is 13.5. The van der Waals surface area contributed by atoms with Crippen LogP contribution in [-0.2, 0) is 0 Å². The second-order valence-corrected chi connectivity index (χ2v) is 17.2. The zero-order valence-corrected chi connectivity index (χ0v) is 34.5. The fraction of sp³-hybridized carbons (Fsp3) is 0.123. The Morgan fingerprint density at radius 3 is 1.87 bits per heavy atom. The summed E-state index contributed by atoms with van der Waals surface area (Å²) in [5, 5.41) is 10.9. The van der Waals surface area contributed by atoms with Crippen molar-refractivity contribution in [3.05, 3.63) is 204 Å². The van der Waals surface area contributed by atoms with Crippen LogP contribution < -0.4 is 5.32 Å². The van der Waals surface area contributed by atoms with Gasteiger partial charge in [-0.15, -0.1) is 0 Å². The molecule has 3 aromatic heterocycles. The highest BCUT2D eigenvalue weighted by molar-refractivity contribution is 6.12. The van der Waals surface area contributed by atoms with Gasteiger partial charge in [0.15, 0.2) is 6.17 Å². The summed E-state index contributed by atoms with van der Waals surface area (Å²) < 4.78 is 15.2. The summed E-state index contributed by atoms with van der Waals surface area (Å²) in [6, 6.07) is 56.3. The van der Waals surface area contributed by atoms with Gasteiger partial charge in [0.2, 0.25) is 0 Å². The normalized spacial score (nSPS) is 19.1. The zero-order valence-electron chi connectivity index (χ0n) is 34.5. The van der Waals surface area contributed by atoms with E-state index in [1.54, 1.807) is 0 Å². The smallest absolute Gasteiger partial charge is 0.169 e. The topological polar surface area (TPSA) is 68.0 Å². The number of fused-ring (bicyclic) bond motifs is 9. The number of benzene rings is 7. The quantitative estimate of drug-likeness (QED) is 0.182. The Hall–Kier alpha value is -7.70. The number of nitrogens with one attached hydrogen (secondary N) is 1. The fourth-order valence-electron chi connectivity index (χ4n) is 10.4. The Bertz CT molecular complexity index is 3570. The molecule has 0 bridgehead atoms. The predicted molar refractivity (Wildman–Crippen MR) is 259 cm³/mol. The van der Waals surface area contributed by atoms with Crippen molar-refractivity contribution >= 4 is 82.9 Å². The second kappa shape index (κ2) is 14.5. The van der Waals surface area contributed by atoms with Crippen molar-refractivity contribution in [2.75, 3.05) is 0 Å². The maximum Gasteiger partial charge on any atom is 0.169 e. The zero-order chi connectivity index (χ0) is 41.4. The molecule has 0 spiro atoms. The van der Waals surface area contributed by atoms with Gasteiger partial charge in [-0.25, -0.2) is 9.98 Å². The number of allylic oxidation sites excluding steroid dienone is 5. The monoisotopic (exact) mass is 814 g/mol. The lowest BCUT2D eigenvalue weighted by Crippen LogP contribution is -2.41. The summed E-state index contributed by atoms with van der Waals surface area (Å²) >= 11 is 0. The lowest BCUT2D eigenvalue weighted by Gasteiger charge is -2.33. The highest BCUT2D eigenvalue weighted by Crippen LogP contribution is 2.43. The van der Waals surface area contributed by atoms with Crippen LogP contribution in [0.2, 0.25) is 0 Å². The van der Waals surface area contributed by atoms with Gasteiger partial charge in [0, 0.05) is 49.8 Å². The van der Waals surface area contributed by atoms with E-state index in [-0.39, 0.29) is 18.0 Å². The maximum atomic E-state index is 6.44. The van der Waals surface area contributed by atoms with Gasteiger partial charge in [-0.05, 0) is 108 Å². The average molecular weight is 815 g/mol. The summed E-state index contributed by atoms with van der Waals surface area (Å²) in [5.74, 6) is 2.12. The van der Waals surface area contributed by atoms with Crippen molar-refractivity contribution in [3.8, 4) is 5.69 Å². The Morgan fingerprint density at radius 2 is 1.17 bits per heavy atom. The third kappa shape index (κ3) is 6.08.